The molecule has 1 heterocycles. The first-order chi connectivity index (χ1) is 8.61. The number of hydrogen-bond donors (Lipinski definition) is 2. The molecule has 1 aromatic carbocycles. The number of phenols is 1. The van der Waals surface area contributed by atoms with Gasteiger partial charge in [0.25, 0.3) is 0 Å². The fourth-order valence-electron chi connectivity index (χ4n) is 2.39. The second kappa shape index (κ2) is 5.40. The number of ketones is 1. The van der Waals surface area contributed by atoms with Crippen LogP contribution in [0.5, 0.6) is 5.75 Å². The highest BCUT2D eigenvalue weighted by Gasteiger charge is 2.19. The Kier molecular flexibility index (Phi) is 3.87. The zero-order chi connectivity index (χ0) is 13.1. The van der Waals surface area contributed by atoms with Crippen molar-refractivity contribution in [3.05, 3.63) is 23.8 Å². The quantitative estimate of drug-likeness (QED) is 0.802. The van der Waals surface area contributed by atoms with Crippen molar-refractivity contribution in [2.75, 3.05) is 24.6 Å². The Labute approximate surface area is 107 Å². The minimum Gasteiger partial charge on any atom is -0.507 e. The van der Waals surface area contributed by atoms with Gasteiger partial charge in [0.2, 0.25) is 0 Å². The van der Waals surface area contributed by atoms with E-state index in [4.69, 9.17) is 5.11 Å². The Morgan fingerprint density at radius 1 is 1.39 bits per heavy atom. The molecule has 98 valence electrons. The standard InChI is InChI=1S/C14H19NO3/c1-10(17)13-3-2-12(8-14(13)18)15-6-4-11(9-16)5-7-15/h2-3,8,11,16,18H,4-7,9H2,1H3. The topological polar surface area (TPSA) is 60.8 Å². The Morgan fingerprint density at radius 3 is 2.56 bits per heavy atom. The molecule has 18 heavy (non-hydrogen) atoms. The molecule has 0 aromatic heterocycles. The molecule has 0 radical (unpaired) electrons. The summed E-state index contributed by atoms with van der Waals surface area (Å²) in [6.45, 7) is 3.46. The predicted molar refractivity (Wildman–Crippen MR) is 70.1 cm³/mol. The molecule has 4 heteroatoms. The third kappa shape index (κ3) is 2.64. The monoisotopic (exact) mass is 249 g/mol. The van der Waals surface area contributed by atoms with Crippen LogP contribution in [0.25, 0.3) is 0 Å². The molecule has 0 bridgehead atoms. The van der Waals surface area contributed by atoms with E-state index in [-0.39, 0.29) is 18.1 Å². The van der Waals surface area contributed by atoms with Gasteiger partial charge in [-0.05, 0) is 37.8 Å². The maximum atomic E-state index is 11.2. The van der Waals surface area contributed by atoms with Gasteiger partial charge in [0.15, 0.2) is 5.78 Å². The van der Waals surface area contributed by atoms with Crippen molar-refractivity contribution < 1.29 is 15.0 Å². The molecule has 2 rings (SSSR count). The van der Waals surface area contributed by atoms with E-state index < -0.39 is 0 Å². The van der Waals surface area contributed by atoms with Crippen molar-refractivity contribution in [2.24, 2.45) is 5.92 Å². The lowest BCUT2D eigenvalue weighted by Gasteiger charge is -2.33. The summed E-state index contributed by atoms with van der Waals surface area (Å²) < 4.78 is 0. The summed E-state index contributed by atoms with van der Waals surface area (Å²) in [6.07, 6.45) is 1.93. The van der Waals surface area contributed by atoms with Crippen LogP contribution in [0, 0.1) is 5.92 Å². The smallest absolute Gasteiger partial charge is 0.163 e. The first-order valence-corrected chi connectivity index (χ1v) is 6.31. The van der Waals surface area contributed by atoms with E-state index in [2.05, 4.69) is 4.90 Å². The first kappa shape index (κ1) is 12.9. The molecule has 0 aliphatic carbocycles. The van der Waals surface area contributed by atoms with Crippen LogP contribution >= 0.6 is 0 Å². The number of benzene rings is 1. The van der Waals surface area contributed by atoms with Gasteiger partial charge >= 0.3 is 0 Å². The minimum absolute atomic E-state index is 0.0456. The molecule has 0 unspecified atom stereocenters. The van der Waals surface area contributed by atoms with Crippen LogP contribution in [0.3, 0.4) is 0 Å². The van der Waals surface area contributed by atoms with E-state index >= 15 is 0 Å². The highest BCUT2D eigenvalue weighted by molar-refractivity contribution is 5.97. The Morgan fingerprint density at radius 2 is 2.06 bits per heavy atom. The number of aliphatic hydroxyl groups excluding tert-OH is 1. The Hall–Kier alpha value is -1.55. The van der Waals surface area contributed by atoms with Crippen LogP contribution in [-0.2, 0) is 0 Å². The highest BCUT2D eigenvalue weighted by atomic mass is 16.3. The summed E-state index contributed by atoms with van der Waals surface area (Å²) in [7, 11) is 0. The van der Waals surface area contributed by atoms with Crippen molar-refractivity contribution >= 4 is 11.5 Å². The van der Waals surface area contributed by atoms with Crippen molar-refractivity contribution in [2.45, 2.75) is 19.8 Å². The zero-order valence-corrected chi connectivity index (χ0v) is 10.6. The van der Waals surface area contributed by atoms with Crippen molar-refractivity contribution in [3.8, 4) is 5.75 Å². The van der Waals surface area contributed by atoms with Crippen LogP contribution in [0.1, 0.15) is 30.1 Å². The highest BCUT2D eigenvalue weighted by Crippen LogP contribution is 2.28. The lowest BCUT2D eigenvalue weighted by Crippen LogP contribution is -2.34. The molecule has 1 aliphatic rings. The normalized spacial score (nSPS) is 16.9. The van der Waals surface area contributed by atoms with Gasteiger partial charge in [0, 0.05) is 31.5 Å². The van der Waals surface area contributed by atoms with Crippen molar-refractivity contribution in [1.82, 2.24) is 0 Å². The Balaban J connectivity index is 2.11. The molecule has 0 atom stereocenters. The van der Waals surface area contributed by atoms with Crippen molar-refractivity contribution in [3.63, 3.8) is 0 Å². The number of hydrogen-bond acceptors (Lipinski definition) is 4. The number of nitrogens with zero attached hydrogens (tertiary/aromatic N) is 1. The summed E-state index contributed by atoms with van der Waals surface area (Å²) in [5.74, 6) is 0.314. The number of aromatic hydroxyl groups is 1. The maximum Gasteiger partial charge on any atom is 0.163 e. The minimum atomic E-state index is -0.127. The summed E-state index contributed by atoms with van der Waals surface area (Å²) in [5.41, 5.74) is 1.30. The fraction of sp³-hybridized carbons (Fsp3) is 0.500. The second-order valence-electron chi connectivity index (χ2n) is 4.87. The molecule has 2 N–H and O–H groups in total. The van der Waals surface area contributed by atoms with Gasteiger partial charge < -0.3 is 15.1 Å². The zero-order valence-electron chi connectivity index (χ0n) is 10.6. The fourth-order valence-corrected chi connectivity index (χ4v) is 2.39. The molecule has 1 aromatic rings. The molecule has 0 amide bonds. The summed E-state index contributed by atoms with van der Waals surface area (Å²) in [4.78, 5) is 13.4. The maximum absolute atomic E-state index is 11.2. The number of aliphatic hydroxyl groups is 1. The number of anilines is 1. The predicted octanol–water partition coefficient (Wildman–Crippen LogP) is 1.80. The van der Waals surface area contributed by atoms with E-state index in [1.807, 2.05) is 6.07 Å². The van der Waals surface area contributed by atoms with Gasteiger partial charge in [-0.1, -0.05) is 0 Å². The van der Waals surface area contributed by atoms with Gasteiger partial charge in [-0.15, -0.1) is 0 Å². The van der Waals surface area contributed by atoms with E-state index in [0.717, 1.165) is 31.6 Å². The number of phenolic OH excluding ortho intramolecular Hbond substituents is 1. The average Bonchev–Trinajstić information content (AvgIpc) is 2.38. The lowest BCUT2D eigenvalue weighted by atomic mass is 9.97. The van der Waals surface area contributed by atoms with Gasteiger partial charge in [0.05, 0.1) is 5.56 Å². The van der Waals surface area contributed by atoms with Crippen LogP contribution in [0.15, 0.2) is 18.2 Å². The van der Waals surface area contributed by atoms with E-state index in [9.17, 15) is 9.90 Å². The molecule has 1 saturated heterocycles. The summed E-state index contributed by atoms with van der Waals surface area (Å²) in [5, 5.41) is 18.9. The molecular weight excluding hydrogens is 230 g/mol. The number of Topliss-reactive ketones (excluding diaryl/α,β-unsaturated/α-hetero) is 1. The van der Waals surface area contributed by atoms with Gasteiger partial charge in [-0.25, -0.2) is 0 Å². The van der Waals surface area contributed by atoms with Crippen molar-refractivity contribution in [1.29, 1.82) is 0 Å². The second-order valence-corrected chi connectivity index (χ2v) is 4.87. The SMILES string of the molecule is CC(=O)c1ccc(N2CCC(CO)CC2)cc1O. The Bertz CT molecular complexity index is 437. The van der Waals surface area contributed by atoms with E-state index in [0.29, 0.717) is 11.5 Å². The third-order valence-electron chi connectivity index (χ3n) is 3.60. The molecule has 0 saturated carbocycles. The van der Waals surface area contributed by atoms with Crippen LogP contribution < -0.4 is 4.90 Å². The van der Waals surface area contributed by atoms with Crippen LogP contribution in [0.2, 0.25) is 0 Å². The average molecular weight is 249 g/mol. The first-order valence-electron chi connectivity index (χ1n) is 6.31. The van der Waals surface area contributed by atoms with Crippen LogP contribution in [0.4, 0.5) is 5.69 Å². The third-order valence-corrected chi connectivity index (χ3v) is 3.60. The number of piperidine rings is 1. The van der Waals surface area contributed by atoms with Gasteiger partial charge in [-0.3, -0.25) is 4.79 Å². The lowest BCUT2D eigenvalue weighted by molar-refractivity contribution is 0.101. The molecule has 1 fully saturated rings. The van der Waals surface area contributed by atoms with Crippen LogP contribution in [-0.4, -0.2) is 35.7 Å². The molecular formula is C14H19NO3. The largest absolute Gasteiger partial charge is 0.507 e. The number of carbonyl (C=O) groups is 1. The summed E-state index contributed by atoms with van der Waals surface area (Å²) in [6, 6.07) is 5.19. The summed E-state index contributed by atoms with van der Waals surface area (Å²) >= 11 is 0. The van der Waals surface area contributed by atoms with E-state index in [1.54, 1.807) is 12.1 Å². The van der Waals surface area contributed by atoms with Gasteiger partial charge in [0.1, 0.15) is 5.75 Å². The van der Waals surface area contributed by atoms with Gasteiger partial charge in [-0.2, -0.15) is 0 Å². The molecule has 1 aliphatic heterocycles. The molecule has 4 nitrogen and oxygen atoms in total. The van der Waals surface area contributed by atoms with E-state index in [1.165, 1.54) is 6.92 Å². The number of rotatable bonds is 3. The molecule has 0 spiro atoms. The number of carbonyl (C=O) groups excluding carboxylic acids is 1.